The molecular formula is C16H21N3O2. The van der Waals surface area contributed by atoms with E-state index in [0.717, 1.165) is 24.2 Å². The van der Waals surface area contributed by atoms with Gasteiger partial charge in [0.25, 0.3) is 0 Å². The monoisotopic (exact) mass is 287 g/mol. The van der Waals surface area contributed by atoms with Gasteiger partial charge in [0.15, 0.2) is 0 Å². The second-order valence-corrected chi connectivity index (χ2v) is 5.69. The highest BCUT2D eigenvalue weighted by molar-refractivity contribution is 6.41. The normalized spacial score (nSPS) is 23.0. The number of benzene rings is 1. The van der Waals surface area contributed by atoms with Crippen LogP contribution >= 0.6 is 0 Å². The molecule has 5 nitrogen and oxygen atoms in total. The largest absolute Gasteiger partial charge is 0.346 e. The SMILES string of the molecule is O=C1NCCN(c2ccccc2CC2CCCCN2)C1=O. The summed E-state index contributed by atoms with van der Waals surface area (Å²) in [5.74, 6) is -0.961. The molecule has 0 aromatic heterocycles. The van der Waals surface area contributed by atoms with E-state index >= 15 is 0 Å². The van der Waals surface area contributed by atoms with Crippen molar-refractivity contribution in [3.63, 3.8) is 0 Å². The zero-order valence-corrected chi connectivity index (χ0v) is 12.1. The minimum Gasteiger partial charge on any atom is -0.346 e. The lowest BCUT2D eigenvalue weighted by molar-refractivity contribution is -0.138. The number of hydrogen-bond acceptors (Lipinski definition) is 3. The number of anilines is 1. The highest BCUT2D eigenvalue weighted by Crippen LogP contribution is 2.24. The highest BCUT2D eigenvalue weighted by Gasteiger charge is 2.29. The van der Waals surface area contributed by atoms with Gasteiger partial charge in [0, 0.05) is 24.8 Å². The number of nitrogens with zero attached hydrogens (tertiary/aromatic N) is 1. The summed E-state index contributed by atoms with van der Waals surface area (Å²) in [5.41, 5.74) is 2.02. The molecule has 2 fully saturated rings. The molecule has 1 aromatic carbocycles. The lowest BCUT2D eigenvalue weighted by Crippen LogP contribution is -2.52. The molecule has 0 spiro atoms. The summed E-state index contributed by atoms with van der Waals surface area (Å²) in [7, 11) is 0. The van der Waals surface area contributed by atoms with E-state index in [9.17, 15) is 9.59 Å². The summed E-state index contributed by atoms with van der Waals surface area (Å²) in [6, 6.07) is 8.39. The van der Waals surface area contributed by atoms with Crippen molar-refractivity contribution in [2.24, 2.45) is 0 Å². The summed E-state index contributed by atoms with van der Waals surface area (Å²) in [6.07, 6.45) is 4.57. The van der Waals surface area contributed by atoms with Crippen molar-refractivity contribution >= 4 is 17.5 Å². The lowest BCUT2D eigenvalue weighted by atomic mass is 9.96. The van der Waals surface area contributed by atoms with E-state index in [1.165, 1.54) is 19.3 Å². The summed E-state index contributed by atoms with van der Waals surface area (Å²) >= 11 is 0. The smallest absolute Gasteiger partial charge is 0.316 e. The molecule has 3 rings (SSSR count). The van der Waals surface area contributed by atoms with Gasteiger partial charge in [-0.05, 0) is 37.4 Å². The number of piperidine rings is 1. The Bertz CT molecular complexity index is 538. The molecule has 21 heavy (non-hydrogen) atoms. The van der Waals surface area contributed by atoms with Crippen LogP contribution in [0.4, 0.5) is 5.69 Å². The summed E-state index contributed by atoms with van der Waals surface area (Å²) in [4.78, 5) is 25.2. The Kier molecular flexibility index (Phi) is 4.20. The number of rotatable bonds is 3. The Hall–Kier alpha value is -1.88. The van der Waals surface area contributed by atoms with Gasteiger partial charge in [-0.15, -0.1) is 0 Å². The molecule has 1 atom stereocenters. The fourth-order valence-corrected chi connectivity index (χ4v) is 3.12. The number of amides is 2. The Labute approximate surface area is 124 Å². The number of para-hydroxylation sites is 1. The van der Waals surface area contributed by atoms with Crippen molar-refractivity contribution in [2.45, 2.75) is 31.7 Å². The van der Waals surface area contributed by atoms with Gasteiger partial charge in [0.05, 0.1) is 0 Å². The molecule has 0 radical (unpaired) electrons. The van der Waals surface area contributed by atoms with Crippen LogP contribution in [0.25, 0.3) is 0 Å². The van der Waals surface area contributed by atoms with Crippen LogP contribution in [0, 0.1) is 0 Å². The summed E-state index contributed by atoms with van der Waals surface area (Å²) in [5, 5.41) is 6.12. The van der Waals surface area contributed by atoms with Gasteiger partial charge in [-0.25, -0.2) is 0 Å². The van der Waals surface area contributed by atoms with Gasteiger partial charge in [-0.1, -0.05) is 24.6 Å². The third-order valence-electron chi connectivity index (χ3n) is 4.22. The van der Waals surface area contributed by atoms with Gasteiger partial charge in [-0.2, -0.15) is 0 Å². The van der Waals surface area contributed by atoms with Crippen molar-refractivity contribution in [3.8, 4) is 0 Å². The van der Waals surface area contributed by atoms with Gasteiger partial charge in [0.2, 0.25) is 0 Å². The molecule has 2 aliphatic rings. The Morgan fingerprint density at radius 3 is 2.81 bits per heavy atom. The van der Waals surface area contributed by atoms with Crippen LogP contribution in [0.5, 0.6) is 0 Å². The predicted molar refractivity (Wildman–Crippen MR) is 81.2 cm³/mol. The number of nitrogens with one attached hydrogen (secondary N) is 2. The maximum atomic E-state index is 12.1. The standard InChI is InChI=1S/C16H21N3O2/c20-15-16(21)19(10-9-18-15)14-7-2-1-5-12(14)11-13-6-3-4-8-17-13/h1-2,5,7,13,17H,3-4,6,8-11H2,(H,18,20). The number of hydrogen-bond donors (Lipinski definition) is 2. The summed E-state index contributed by atoms with van der Waals surface area (Å²) in [6.45, 7) is 2.12. The van der Waals surface area contributed by atoms with Crippen LogP contribution in [-0.4, -0.2) is 37.5 Å². The molecule has 112 valence electrons. The molecular weight excluding hydrogens is 266 g/mol. The molecule has 2 N–H and O–H groups in total. The van der Waals surface area contributed by atoms with Crippen LogP contribution in [0.15, 0.2) is 24.3 Å². The third-order valence-corrected chi connectivity index (χ3v) is 4.22. The van der Waals surface area contributed by atoms with Gasteiger partial charge in [-0.3, -0.25) is 9.59 Å². The van der Waals surface area contributed by atoms with E-state index in [1.54, 1.807) is 4.90 Å². The zero-order chi connectivity index (χ0) is 14.7. The summed E-state index contributed by atoms with van der Waals surface area (Å²) < 4.78 is 0. The van der Waals surface area contributed by atoms with Crippen LogP contribution in [0.1, 0.15) is 24.8 Å². The van der Waals surface area contributed by atoms with Gasteiger partial charge >= 0.3 is 11.8 Å². The maximum Gasteiger partial charge on any atom is 0.316 e. The fourth-order valence-electron chi connectivity index (χ4n) is 3.12. The number of carbonyl (C=O) groups is 2. The third kappa shape index (κ3) is 3.08. The molecule has 1 unspecified atom stereocenters. The van der Waals surface area contributed by atoms with Crippen LogP contribution in [0.3, 0.4) is 0 Å². The minimum absolute atomic E-state index is 0.453. The van der Waals surface area contributed by atoms with Crippen LogP contribution in [0.2, 0.25) is 0 Å². The quantitative estimate of drug-likeness (QED) is 0.810. The Morgan fingerprint density at radius 2 is 2.00 bits per heavy atom. The fraction of sp³-hybridized carbons (Fsp3) is 0.500. The van der Waals surface area contributed by atoms with E-state index in [0.29, 0.717) is 19.1 Å². The van der Waals surface area contributed by atoms with Crippen molar-refractivity contribution in [2.75, 3.05) is 24.5 Å². The van der Waals surface area contributed by atoms with Crippen LogP contribution in [-0.2, 0) is 16.0 Å². The first-order chi connectivity index (χ1) is 10.3. The molecule has 0 bridgehead atoms. The van der Waals surface area contributed by atoms with Crippen molar-refractivity contribution < 1.29 is 9.59 Å². The Morgan fingerprint density at radius 1 is 1.14 bits per heavy atom. The second-order valence-electron chi connectivity index (χ2n) is 5.69. The molecule has 2 aliphatic heterocycles. The van der Waals surface area contributed by atoms with E-state index in [1.807, 2.05) is 18.2 Å². The average Bonchev–Trinajstić information content (AvgIpc) is 2.52. The first-order valence-corrected chi connectivity index (χ1v) is 7.66. The van der Waals surface area contributed by atoms with Crippen molar-refractivity contribution in [3.05, 3.63) is 29.8 Å². The average molecular weight is 287 g/mol. The van der Waals surface area contributed by atoms with Gasteiger partial charge < -0.3 is 15.5 Å². The minimum atomic E-state index is -0.508. The van der Waals surface area contributed by atoms with Crippen LogP contribution < -0.4 is 15.5 Å². The molecule has 1 aromatic rings. The van der Waals surface area contributed by atoms with E-state index < -0.39 is 11.8 Å². The molecule has 2 heterocycles. The molecule has 0 saturated carbocycles. The first kappa shape index (κ1) is 14.1. The lowest BCUT2D eigenvalue weighted by Gasteiger charge is -2.30. The zero-order valence-electron chi connectivity index (χ0n) is 12.1. The Balaban J connectivity index is 1.81. The highest BCUT2D eigenvalue weighted by atomic mass is 16.2. The van der Waals surface area contributed by atoms with E-state index in [4.69, 9.17) is 0 Å². The van der Waals surface area contributed by atoms with E-state index in [-0.39, 0.29) is 0 Å². The van der Waals surface area contributed by atoms with Crippen molar-refractivity contribution in [1.29, 1.82) is 0 Å². The van der Waals surface area contributed by atoms with Gasteiger partial charge in [0.1, 0.15) is 0 Å². The van der Waals surface area contributed by atoms with Crippen molar-refractivity contribution in [1.82, 2.24) is 10.6 Å². The molecule has 5 heteroatoms. The van der Waals surface area contributed by atoms with E-state index in [2.05, 4.69) is 16.7 Å². The molecule has 2 saturated heterocycles. The maximum absolute atomic E-state index is 12.1. The first-order valence-electron chi connectivity index (χ1n) is 7.66. The number of carbonyl (C=O) groups excluding carboxylic acids is 2. The molecule has 2 amide bonds. The number of piperazine rings is 1. The predicted octanol–water partition coefficient (Wildman–Crippen LogP) is 0.834. The topological polar surface area (TPSA) is 61.4 Å². The molecule has 0 aliphatic carbocycles. The second kappa shape index (κ2) is 6.26.